The van der Waals surface area contributed by atoms with E-state index in [0.29, 0.717) is 0 Å². The van der Waals surface area contributed by atoms with Gasteiger partial charge in [-0.2, -0.15) is 12.6 Å². The lowest BCUT2D eigenvalue weighted by atomic mass is 9.64. The Kier molecular flexibility index (Phi) is 4.06. The van der Waals surface area contributed by atoms with E-state index >= 15 is 0 Å². The van der Waals surface area contributed by atoms with Crippen LogP contribution >= 0.6 is 12.6 Å². The SMILES string of the molecule is CCOC1CC(NC(=O)C(C)S)C1(C)C. The minimum absolute atomic E-state index is 0.00589. The second-order valence-corrected chi connectivity index (χ2v) is 5.51. The van der Waals surface area contributed by atoms with Crippen molar-refractivity contribution < 1.29 is 9.53 Å². The molecule has 1 aliphatic carbocycles. The zero-order valence-corrected chi connectivity index (χ0v) is 10.8. The Morgan fingerprint density at radius 3 is 2.67 bits per heavy atom. The summed E-state index contributed by atoms with van der Waals surface area (Å²) in [6, 6.07) is 0.219. The molecule has 1 amide bonds. The van der Waals surface area contributed by atoms with Gasteiger partial charge in [-0.15, -0.1) is 0 Å². The Labute approximate surface area is 97.4 Å². The second kappa shape index (κ2) is 4.74. The summed E-state index contributed by atoms with van der Waals surface area (Å²) in [7, 11) is 0. The minimum Gasteiger partial charge on any atom is -0.378 e. The van der Waals surface area contributed by atoms with Gasteiger partial charge in [-0.25, -0.2) is 0 Å². The molecule has 3 nitrogen and oxygen atoms in total. The lowest BCUT2D eigenvalue weighted by Crippen LogP contribution is -2.62. The van der Waals surface area contributed by atoms with Gasteiger partial charge < -0.3 is 10.1 Å². The van der Waals surface area contributed by atoms with Gasteiger partial charge in [0.15, 0.2) is 0 Å². The Hall–Kier alpha value is -0.220. The number of hydrogen-bond donors (Lipinski definition) is 2. The second-order valence-electron chi connectivity index (χ2n) is 4.74. The minimum atomic E-state index is -0.244. The van der Waals surface area contributed by atoms with Crippen molar-refractivity contribution in [3.63, 3.8) is 0 Å². The molecule has 1 fully saturated rings. The van der Waals surface area contributed by atoms with E-state index in [-0.39, 0.29) is 28.7 Å². The molecule has 15 heavy (non-hydrogen) atoms. The molecule has 0 spiro atoms. The van der Waals surface area contributed by atoms with E-state index in [4.69, 9.17) is 4.74 Å². The molecule has 0 saturated heterocycles. The fourth-order valence-electron chi connectivity index (χ4n) is 1.91. The first-order chi connectivity index (χ1) is 6.89. The molecule has 0 bridgehead atoms. The van der Waals surface area contributed by atoms with Gasteiger partial charge in [0.05, 0.1) is 11.4 Å². The number of nitrogens with one attached hydrogen (secondary N) is 1. The van der Waals surface area contributed by atoms with Gasteiger partial charge in [-0.1, -0.05) is 13.8 Å². The largest absolute Gasteiger partial charge is 0.378 e. The van der Waals surface area contributed by atoms with Gasteiger partial charge in [-0.3, -0.25) is 4.79 Å². The van der Waals surface area contributed by atoms with E-state index in [1.807, 2.05) is 6.92 Å². The number of ether oxygens (including phenoxy) is 1. The molecule has 0 aliphatic heterocycles. The molecule has 3 unspecified atom stereocenters. The average Bonchev–Trinajstić information content (AvgIpc) is 2.16. The van der Waals surface area contributed by atoms with Crippen LogP contribution in [0.3, 0.4) is 0 Å². The number of carbonyl (C=O) groups excluding carboxylic acids is 1. The van der Waals surface area contributed by atoms with Crippen LogP contribution in [0.1, 0.15) is 34.1 Å². The maximum atomic E-state index is 11.5. The zero-order valence-electron chi connectivity index (χ0n) is 9.91. The standard InChI is InChI=1S/C11H21NO2S/c1-5-14-9-6-8(11(9,3)4)12-10(13)7(2)15/h7-9,15H,5-6H2,1-4H3,(H,12,13). The van der Waals surface area contributed by atoms with Gasteiger partial charge in [0.1, 0.15) is 0 Å². The monoisotopic (exact) mass is 231 g/mol. The van der Waals surface area contributed by atoms with Crippen molar-refractivity contribution >= 4 is 18.5 Å². The van der Waals surface area contributed by atoms with E-state index in [0.717, 1.165) is 13.0 Å². The van der Waals surface area contributed by atoms with Crippen LogP contribution < -0.4 is 5.32 Å². The highest BCUT2D eigenvalue weighted by molar-refractivity contribution is 7.81. The molecule has 1 N–H and O–H groups in total. The third-order valence-electron chi connectivity index (χ3n) is 3.24. The van der Waals surface area contributed by atoms with Crippen LogP contribution in [0.5, 0.6) is 0 Å². The molecular formula is C11H21NO2S. The first kappa shape index (κ1) is 12.8. The molecule has 0 radical (unpaired) electrons. The molecule has 4 heteroatoms. The van der Waals surface area contributed by atoms with Crippen LogP contribution in [0.25, 0.3) is 0 Å². The predicted octanol–water partition coefficient (Wildman–Crippen LogP) is 1.62. The Balaban J connectivity index is 2.45. The summed E-state index contributed by atoms with van der Waals surface area (Å²) in [5, 5.41) is 2.76. The summed E-state index contributed by atoms with van der Waals surface area (Å²) in [5.41, 5.74) is 0.0360. The number of thiol groups is 1. The highest BCUT2D eigenvalue weighted by Gasteiger charge is 2.49. The number of carbonyl (C=O) groups is 1. The summed E-state index contributed by atoms with van der Waals surface area (Å²) in [6.45, 7) is 8.77. The summed E-state index contributed by atoms with van der Waals surface area (Å²) in [5.74, 6) is 0.00589. The van der Waals surface area contributed by atoms with Crippen molar-refractivity contribution in [2.24, 2.45) is 5.41 Å². The Bertz CT molecular complexity index is 241. The molecular weight excluding hydrogens is 210 g/mol. The van der Waals surface area contributed by atoms with Crippen LogP contribution in [-0.2, 0) is 9.53 Å². The van der Waals surface area contributed by atoms with Crippen LogP contribution in [0.4, 0.5) is 0 Å². The number of hydrogen-bond acceptors (Lipinski definition) is 3. The molecule has 0 aromatic heterocycles. The van der Waals surface area contributed by atoms with Crippen molar-refractivity contribution in [2.45, 2.75) is 51.5 Å². The summed E-state index contributed by atoms with van der Waals surface area (Å²) in [6.07, 6.45) is 1.18. The van der Waals surface area contributed by atoms with Crippen molar-refractivity contribution in [2.75, 3.05) is 6.61 Å². The smallest absolute Gasteiger partial charge is 0.232 e. The fourth-order valence-corrected chi connectivity index (χ4v) is 1.98. The summed E-state index contributed by atoms with van der Waals surface area (Å²) >= 11 is 4.11. The normalized spacial score (nSPS) is 30.5. The Morgan fingerprint density at radius 1 is 1.67 bits per heavy atom. The van der Waals surface area contributed by atoms with Crippen LogP contribution in [0, 0.1) is 5.41 Å². The number of amides is 1. The fraction of sp³-hybridized carbons (Fsp3) is 0.909. The summed E-state index contributed by atoms with van der Waals surface area (Å²) in [4.78, 5) is 11.5. The molecule has 88 valence electrons. The molecule has 1 rings (SSSR count). The van der Waals surface area contributed by atoms with Gasteiger partial charge in [0.25, 0.3) is 0 Å². The zero-order chi connectivity index (χ0) is 11.6. The van der Waals surface area contributed by atoms with Gasteiger partial charge in [0.2, 0.25) is 5.91 Å². The average molecular weight is 231 g/mol. The van der Waals surface area contributed by atoms with Crippen molar-refractivity contribution in [1.29, 1.82) is 0 Å². The van der Waals surface area contributed by atoms with Crippen molar-refractivity contribution in [1.82, 2.24) is 5.32 Å². The maximum absolute atomic E-state index is 11.5. The predicted molar refractivity (Wildman–Crippen MR) is 64.2 cm³/mol. The van der Waals surface area contributed by atoms with Gasteiger partial charge in [-0.05, 0) is 20.3 Å². The first-order valence-corrected chi connectivity index (χ1v) is 6.01. The molecule has 0 aromatic rings. The van der Waals surface area contributed by atoms with E-state index in [1.165, 1.54) is 0 Å². The summed E-state index contributed by atoms with van der Waals surface area (Å²) < 4.78 is 5.59. The molecule has 0 aromatic carbocycles. The highest BCUT2D eigenvalue weighted by Crippen LogP contribution is 2.42. The van der Waals surface area contributed by atoms with Crippen LogP contribution in [0.15, 0.2) is 0 Å². The van der Waals surface area contributed by atoms with E-state index in [9.17, 15) is 4.79 Å². The third kappa shape index (κ3) is 2.67. The van der Waals surface area contributed by atoms with Crippen molar-refractivity contribution in [3.05, 3.63) is 0 Å². The van der Waals surface area contributed by atoms with E-state index in [2.05, 4.69) is 31.8 Å². The van der Waals surface area contributed by atoms with E-state index < -0.39 is 0 Å². The third-order valence-corrected chi connectivity index (χ3v) is 3.48. The highest BCUT2D eigenvalue weighted by atomic mass is 32.1. The number of rotatable bonds is 4. The van der Waals surface area contributed by atoms with E-state index in [1.54, 1.807) is 6.92 Å². The first-order valence-electron chi connectivity index (χ1n) is 5.49. The van der Waals surface area contributed by atoms with Gasteiger partial charge >= 0.3 is 0 Å². The lowest BCUT2D eigenvalue weighted by molar-refractivity contribution is -0.136. The van der Waals surface area contributed by atoms with Crippen LogP contribution in [0.2, 0.25) is 0 Å². The molecule has 3 atom stereocenters. The lowest BCUT2D eigenvalue weighted by Gasteiger charge is -2.51. The molecule has 0 heterocycles. The van der Waals surface area contributed by atoms with Gasteiger partial charge in [0, 0.05) is 18.1 Å². The molecule has 1 saturated carbocycles. The topological polar surface area (TPSA) is 38.3 Å². The maximum Gasteiger partial charge on any atom is 0.232 e. The molecule has 1 aliphatic rings. The Morgan fingerprint density at radius 2 is 2.27 bits per heavy atom. The van der Waals surface area contributed by atoms with Crippen molar-refractivity contribution in [3.8, 4) is 0 Å². The van der Waals surface area contributed by atoms with Crippen LogP contribution in [-0.4, -0.2) is 29.9 Å². The quantitative estimate of drug-likeness (QED) is 0.722.